The number of carboxylic acids is 1. The number of aliphatic carboxylic acids is 1. The number of ether oxygens (including phenoxy) is 2. The van der Waals surface area contributed by atoms with Crippen LogP contribution in [0.5, 0.6) is 17.2 Å². The predicted molar refractivity (Wildman–Crippen MR) is 113 cm³/mol. The van der Waals surface area contributed by atoms with E-state index < -0.39 is 11.9 Å². The first kappa shape index (κ1) is 25.7. The van der Waals surface area contributed by atoms with Gasteiger partial charge in [-0.15, -0.1) is 0 Å². The molecular weight excluding hydrogens is 427 g/mol. The molecule has 1 heterocycles. The summed E-state index contributed by atoms with van der Waals surface area (Å²) < 4.78 is 11.4. The molecule has 0 N–H and O–H groups in total. The Morgan fingerprint density at radius 1 is 1.19 bits per heavy atom. The Kier molecular flexibility index (Phi) is 9.02. The maximum Gasteiger partial charge on any atom is 1.00 e. The zero-order valence-electron chi connectivity index (χ0n) is 18.5. The number of halogens is 1. The maximum atomic E-state index is 12.4. The zero-order chi connectivity index (χ0) is 21.9. The molecule has 31 heavy (non-hydrogen) atoms. The van der Waals surface area contributed by atoms with Crippen LogP contribution in [0.4, 0.5) is 0 Å². The Morgan fingerprint density at radius 3 is 2.48 bits per heavy atom. The third-order valence-corrected chi connectivity index (χ3v) is 5.42. The second-order valence-corrected chi connectivity index (χ2v) is 9.20. The van der Waals surface area contributed by atoms with Crippen LogP contribution in [0, 0.1) is 5.41 Å². The fourth-order valence-electron chi connectivity index (χ4n) is 3.47. The summed E-state index contributed by atoms with van der Waals surface area (Å²) >= 11 is 6.31. The quantitative estimate of drug-likeness (QED) is 0.475. The van der Waals surface area contributed by atoms with E-state index in [-0.39, 0.29) is 45.8 Å². The summed E-state index contributed by atoms with van der Waals surface area (Å²) in [7, 11) is 0. The van der Waals surface area contributed by atoms with Gasteiger partial charge in [-0.3, -0.25) is 4.79 Å². The third-order valence-electron chi connectivity index (χ3n) is 5.12. The monoisotopic (exact) mass is 452 g/mol. The van der Waals surface area contributed by atoms with E-state index in [1.807, 2.05) is 0 Å². The van der Waals surface area contributed by atoms with Crippen LogP contribution >= 0.6 is 11.6 Å². The fourth-order valence-corrected chi connectivity index (χ4v) is 3.68. The molecule has 0 aliphatic carbocycles. The standard InChI is InChI=1S/C24H27ClO5.Na/c1-24(2,3)11-4-5-20(26)15-6-8-16(9-7-15)30-22-14-21-18(13-19(22)25)17(23(27)28)10-12-29-21;/h6-9,13-14,17H,4-5,10-12H2,1-3H3,(H,27,28);/q;+1/p-1. The number of ketones is 1. The van der Waals surface area contributed by atoms with Crippen LogP contribution in [0.3, 0.4) is 0 Å². The molecule has 160 valence electrons. The van der Waals surface area contributed by atoms with Crippen molar-refractivity contribution < 1.29 is 53.7 Å². The number of carbonyl (C=O) groups is 2. The molecule has 0 amide bonds. The number of hydrogen-bond acceptors (Lipinski definition) is 5. The normalized spacial score (nSPS) is 15.3. The summed E-state index contributed by atoms with van der Waals surface area (Å²) in [5.74, 6) is -0.468. The van der Waals surface area contributed by atoms with Crippen LogP contribution in [0.1, 0.15) is 68.3 Å². The van der Waals surface area contributed by atoms with Crippen LogP contribution in [0.15, 0.2) is 36.4 Å². The molecule has 1 aliphatic heterocycles. The minimum Gasteiger partial charge on any atom is -0.549 e. The first-order chi connectivity index (χ1) is 14.1. The first-order valence-electron chi connectivity index (χ1n) is 10.1. The van der Waals surface area contributed by atoms with Crippen molar-refractivity contribution in [2.45, 2.75) is 52.4 Å². The van der Waals surface area contributed by atoms with E-state index in [1.54, 1.807) is 36.4 Å². The van der Waals surface area contributed by atoms with E-state index in [9.17, 15) is 14.7 Å². The van der Waals surface area contributed by atoms with Gasteiger partial charge in [-0.25, -0.2) is 0 Å². The number of carbonyl (C=O) groups excluding carboxylic acids is 2. The molecule has 0 fully saturated rings. The Morgan fingerprint density at radius 2 is 1.87 bits per heavy atom. The molecule has 0 saturated carbocycles. The van der Waals surface area contributed by atoms with Gasteiger partial charge >= 0.3 is 29.6 Å². The van der Waals surface area contributed by atoms with E-state index in [0.717, 1.165) is 12.8 Å². The number of fused-ring (bicyclic) bond motifs is 1. The molecule has 0 bridgehead atoms. The number of carboxylic acid groups (broad SMARTS) is 1. The van der Waals surface area contributed by atoms with E-state index in [2.05, 4.69) is 20.8 Å². The topological polar surface area (TPSA) is 75.7 Å². The van der Waals surface area contributed by atoms with Crippen molar-refractivity contribution in [2.75, 3.05) is 6.61 Å². The third kappa shape index (κ3) is 6.98. The second-order valence-electron chi connectivity index (χ2n) is 8.79. The molecule has 1 atom stereocenters. The van der Waals surface area contributed by atoms with Crippen LogP contribution < -0.4 is 44.1 Å². The van der Waals surface area contributed by atoms with Gasteiger partial charge in [0.1, 0.15) is 17.2 Å². The first-order valence-corrected chi connectivity index (χ1v) is 10.5. The number of Topliss-reactive ketones (excluding diaryl/α,β-unsaturated/α-hetero) is 1. The van der Waals surface area contributed by atoms with Crippen molar-refractivity contribution >= 4 is 23.4 Å². The van der Waals surface area contributed by atoms with Crippen LogP contribution in [0.25, 0.3) is 0 Å². The summed E-state index contributed by atoms with van der Waals surface area (Å²) in [4.78, 5) is 23.7. The molecule has 3 rings (SSSR count). The summed E-state index contributed by atoms with van der Waals surface area (Å²) in [5, 5.41) is 11.6. The minimum absolute atomic E-state index is 0. The van der Waals surface area contributed by atoms with Gasteiger partial charge in [0.2, 0.25) is 0 Å². The van der Waals surface area contributed by atoms with E-state index in [4.69, 9.17) is 21.1 Å². The van der Waals surface area contributed by atoms with Crippen LogP contribution in [-0.4, -0.2) is 18.4 Å². The summed E-state index contributed by atoms with van der Waals surface area (Å²) in [6.07, 6.45) is 2.72. The summed E-state index contributed by atoms with van der Waals surface area (Å²) in [6, 6.07) is 10.1. The molecule has 2 aromatic carbocycles. The number of rotatable bonds is 7. The average molecular weight is 453 g/mol. The Labute approximate surface area is 210 Å². The molecule has 1 unspecified atom stereocenters. The Balaban J connectivity index is 0.00000341. The molecule has 0 aromatic heterocycles. The van der Waals surface area contributed by atoms with Gasteiger partial charge in [0, 0.05) is 35.5 Å². The largest absolute Gasteiger partial charge is 1.00 e. The average Bonchev–Trinajstić information content (AvgIpc) is 2.67. The van der Waals surface area contributed by atoms with Crippen molar-refractivity contribution in [3.63, 3.8) is 0 Å². The van der Waals surface area contributed by atoms with Gasteiger partial charge in [0.05, 0.1) is 11.6 Å². The molecule has 5 nitrogen and oxygen atoms in total. The van der Waals surface area contributed by atoms with Crippen molar-refractivity contribution in [1.82, 2.24) is 0 Å². The maximum absolute atomic E-state index is 12.4. The van der Waals surface area contributed by atoms with Gasteiger partial charge in [-0.05, 0) is 55.0 Å². The van der Waals surface area contributed by atoms with Crippen LogP contribution in [0.2, 0.25) is 5.02 Å². The van der Waals surface area contributed by atoms with Crippen molar-refractivity contribution in [2.24, 2.45) is 5.41 Å². The SMILES string of the molecule is CC(C)(C)CCCC(=O)c1ccc(Oc2cc3c(cc2Cl)C(C(=O)[O-])CCO3)cc1.[Na+]. The fraction of sp³-hybridized carbons (Fsp3) is 0.417. The van der Waals surface area contributed by atoms with E-state index >= 15 is 0 Å². The van der Waals surface area contributed by atoms with Crippen LogP contribution in [-0.2, 0) is 4.79 Å². The molecular formula is C24H26ClNaO5. The van der Waals surface area contributed by atoms with Gasteiger partial charge in [-0.2, -0.15) is 0 Å². The molecule has 1 aliphatic rings. The van der Waals surface area contributed by atoms with Gasteiger partial charge in [0.25, 0.3) is 0 Å². The molecule has 0 saturated heterocycles. The van der Waals surface area contributed by atoms with Crippen molar-refractivity contribution in [1.29, 1.82) is 0 Å². The predicted octanol–water partition coefficient (Wildman–Crippen LogP) is 2.15. The number of benzene rings is 2. The second kappa shape index (κ2) is 10.9. The van der Waals surface area contributed by atoms with E-state index in [0.29, 0.717) is 47.8 Å². The Bertz CT molecular complexity index is 934. The summed E-state index contributed by atoms with van der Waals surface area (Å²) in [5.41, 5.74) is 1.36. The van der Waals surface area contributed by atoms with Gasteiger partial charge in [-0.1, -0.05) is 32.4 Å². The van der Waals surface area contributed by atoms with Crippen molar-refractivity contribution in [3.8, 4) is 17.2 Å². The minimum atomic E-state index is -1.15. The Hall–Kier alpha value is -1.53. The number of hydrogen-bond donors (Lipinski definition) is 0. The van der Waals surface area contributed by atoms with Gasteiger partial charge < -0.3 is 19.4 Å². The molecule has 0 radical (unpaired) electrons. The summed E-state index contributed by atoms with van der Waals surface area (Å²) in [6.45, 7) is 6.79. The smallest absolute Gasteiger partial charge is 0.549 e. The molecule has 2 aromatic rings. The van der Waals surface area contributed by atoms with Crippen molar-refractivity contribution in [3.05, 3.63) is 52.5 Å². The zero-order valence-corrected chi connectivity index (χ0v) is 21.3. The van der Waals surface area contributed by atoms with Gasteiger partial charge in [0.15, 0.2) is 5.78 Å². The molecule has 7 heteroatoms. The molecule has 0 spiro atoms. The van der Waals surface area contributed by atoms with E-state index in [1.165, 1.54) is 0 Å².